The molecule has 0 bridgehead atoms. The third-order valence-electron chi connectivity index (χ3n) is 3.86. The van der Waals surface area contributed by atoms with Gasteiger partial charge in [-0.15, -0.1) is 0 Å². The minimum absolute atomic E-state index is 0.170. The summed E-state index contributed by atoms with van der Waals surface area (Å²) in [4.78, 5) is 23.4. The number of carbonyl (C=O) groups excluding carboxylic acids is 2. The van der Waals surface area contributed by atoms with Crippen molar-refractivity contribution in [1.29, 1.82) is 0 Å². The van der Waals surface area contributed by atoms with Crippen LogP contribution in [-0.4, -0.2) is 31.7 Å². The van der Waals surface area contributed by atoms with Gasteiger partial charge in [-0.05, 0) is 24.6 Å². The average Bonchev–Trinajstić information content (AvgIpc) is 3.00. The van der Waals surface area contributed by atoms with E-state index in [9.17, 15) is 14.0 Å². The number of amides is 1. The molecule has 0 aliphatic carbocycles. The molecule has 1 unspecified atom stereocenters. The van der Waals surface area contributed by atoms with Crippen molar-refractivity contribution in [3.8, 4) is 0 Å². The lowest BCUT2D eigenvalue weighted by molar-refractivity contribution is -0.141. The third kappa shape index (κ3) is 4.04. The van der Waals surface area contributed by atoms with Gasteiger partial charge in [-0.3, -0.25) is 4.79 Å². The fraction of sp³-hybridized carbons (Fsp3) is 0.500. The van der Waals surface area contributed by atoms with E-state index in [4.69, 9.17) is 4.74 Å². The van der Waals surface area contributed by atoms with Gasteiger partial charge in [-0.1, -0.05) is 32.0 Å². The zero-order valence-electron chi connectivity index (χ0n) is 12.8. The van der Waals surface area contributed by atoms with Crippen molar-refractivity contribution in [3.63, 3.8) is 0 Å². The lowest BCUT2D eigenvalue weighted by Crippen LogP contribution is -2.39. The zero-order valence-corrected chi connectivity index (χ0v) is 12.8. The minimum Gasteiger partial charge on any atom is -0.376 e. The first-order valence-electron chi connectivity index (χ1n) is 7.35. The van der Waals surface area contributed by atoms with Gasteiger partial charge in [0.1, 0.15) is 5.82 Å². The Bertz CT molecular complexity index is 554. The van der Waals surface area contributed by atoms with E-state index in [0.717, 1.165) is 6.54 Å². The second-order valence-electron chi connectivity index (χ2n) is 6.12. The van der Waals surface area contributed by atoms with E-state index in [-0.39, 0.29) is 18.3 Å². The van der Waals surface area contributed by atoms with E-state index in [1.807, 2.05) is 13.8 Å². The van der Waals surface area contributed by atoms with Crippen LogP contribution in [0.25, 0.3) is 0 Å². The molecule has 1 aliphatic heterocycles. The maximum absolute atomic E-state index is 13.8. The van der Waals surface area contributed by atoms with Gasteiger partial charge in [0, 0.05) is 18.5 Å². The number of esters is 1. The molecular formula is C16H21FN2O3. The third-order valence-corrected chi connectivity index (χ3v) is 3.86. The Morgan fingerprint density at radius 3 is 2.77 bits per heavy atom. The van der Waals surface area contributed by atoms with E-state index in [0.29, 0.717) is 18.5 Å². The zero-order chi connectivity index (χ0) is 16.2. The molecule has 0 spiro atoms. The molecule has 22 heavy (non-hydrogen) atoms. The Labute approximate surface area is 129 Å². The summed E-state index contributed by atoms with van der Waals surface area (Å²) in [6, 6.07) is 6.42. The average molecular weight is 308 g/mol. The summed E-state index contributed by atoms with van der Waals surface area (Å²) < 4.78 is 18.6. The van der Waals surface area contributed by atoms with Crippen molar-refractivity contribution in [2.75, 3.05) is 19.6 Å². The molecule has 1 heterocycles. The van der Waals surface area contributed by atoms with Crippen LogP contribution in [0.2, 0.25) is 0 Å². The summed E-state index contributed by atoms with van der Waals surface area (Å²) in [7, 11) is 0. The first-order valence-corrected chi connectivity index (χ1v) is 7.35. The van der Waals surface area contributed by atoms with E-state index < -0.39 is 17.5 Å². The molecule has 1 aromatic carbocycles. The van der Waals surface area contributed by atoms with Gasteiger partial charge in [0.25, 0.3) is 0 Å². The number of nitrogens with one attached hydrogen (secondary N) is 2. The molecule has 1 fully saturated rings. The molecule has 0 radical (unpaired) electrons. The molecule has 1 atom stereocenters. The number of hydrogen-bond acceptors (Lipinski definition) is 4. The lowest BCUT2D eigenvalue weighted by Gasteiger charge is -2.25. The summed E-state index contributed by atoms with van der Waals surface area (Å²) in [6.07, 6.45) is -0.117. The molecule has 2 N–H and O–H groups in total. The van der Waals surface area contributed by atoms with Gasteiger partial charge in [-0.25, -0.2) is 9.18 Å². The maximum atomic E-state index is 13.8. The standard InChI is InChI=1S/C16H21FN2O3/c1-16(2,12-5-3-4-6-13(12)17)10-19-15(21)22-14(20)11-7-8-18-9-11/h3-6,11,18H,7-10H2,1-2H3,(H,19,21). The maximum Gasteiger partial charge on any atom is 0.414 e. The van der Waals surface area contributed by atoms with Crippen molar-refractivity contribution in [3.05, 3.63) is 35.6 Å². The Hall–Kier alpha value is -1.95. The molecule has 2 rings (SSSR count). The number of benzene rings is 1. The summed E-state index contributed by atoms with van der Waals surface area (Å²) in [5.74, 6) is -1.12. The predicted molar refractivity (Wildman–Crippen MR) is 79.9 cm³/mol. The highest BCUT2D eigenvalue weighted by atomic mass is 19.1. The number of hydrogen-bond donors (Lipinski definition) is 2. The predicted octanol–water partition coefficient (Wildman–Crippen LogP) is 1.97. The van der Waals surface area contributed by atoms with Crippen LogP contribution in [0.4, 0.5) is 9.18 Å². The van der Waals surface area contributed by atoms with Gasteiger partial charge in [0.2, 0.25) is 0 Å². The van der Waals surface area contributed by atoms with Crippen LogP contribution in [0.3, 0.4) is 0 Å². The van der Waals surface area contributed by atoms with Crippen LogP contribution >= 0.6 is 0 Å². The Kier molecular flexibility index (Phi) is 5.13. The SMILES string of the molecule is CC(C)(CNC(=O)OC(=O)C1CCNC1)c1ccccc1F. The van der Waals surface area contributed by atoms with Crippen LogP contribution in [0.1, 0.15) is 25.8 Å². The van der Waals surface area contributed by atoms with Crippen LogP contribution in [0.15, 0.2) is 24.3 Å². The number of rotatable bonds is 4. The molecule has 1 aliphatic rings. The largest absolute Gasteiger partial charge is 0.414 e. The highest BCUT2D eigenvalue weighted by Gasteiger charge is 2.28. The molecule has 1 saturated heterocycles. The fourth-order valence-corrected chi connectivity index (χ4v) is 2.47. The van der Waals surface area contributed by atoms with E-state index >= 15 is 0 Å². The van der Waals surface area contributed by atoms with Crippen molar-refractivity contribution in [1.82, 2.24) is 10.6 Å². The monoisotopic (exact) mass is 308 g/mol. The summed E-state index contributed by atoms with van der Waals surface area (Å²) in [5, 5.41) is 5.57. The van der Waals surface area contributed by atoms with Gasteiger partial charge in [-0.2, -0.15) is 0 Å². The minimum atomic E-state index is -0.790. The van der Waals surface area contributed by atoms with E-state index in [1.54, 1.807) is 18.2 Å². The summed E-state index contributed by atoms with van der Waals surface area (Å²) >= 11 is 0. The first-order chi connectivity index (χ1) is 10.4. The van der Waals surface area contributed by atoms with Crippen LogP contribution in [0, 0.1) is 11.7 Å². The summed E-state index contributed by atoms with van der Waals surface area (Å²) in [6.45, 7) is 5.08. The highest BCUT2D eigenvalue weighted by Crippen LogP contribution is 2.24. The quantitative estimate of drug-likeness (QED) is 0.659. The van der Waals surface area contributed by atoms with Crippen LogP contribution < -0.4 is 10.6 Å². The number of carbonyl (C=O) groups is 2. The first kappa shape index (κ1) is 16.4. The van der Waals surface area contributed by atoms with Gasteiger partial charge in [0.15, 0.2) is 0 Å². The second-order valence-corrected chi connectivity index (χ2v) is 6.12. The lowest BCUT2D eigenvalue weighted by atomic mass is 9.84. The molecule has 5 nitrogen and oxygen atoms in total. The number of ether oxygens (including phenoxy) is 1. The van der Waals surface area contributed by atoms with E-state index in [1.165, 1.54) is 6.07 Å². The molecule has 120 valence electrons. The Morgan fingerprint density at radius 2 is 2.14 bits per heavy atom. The normalized spacial score (nSPS) is 18.0. The molecule has 0 aromatic heterocycles. The molecular weight excluding hydrogens is 287 g/mol. The Balaban J connectivity index is 1.87. The molecule has 1 aromatic rings. The topological polar surface area (TPSA) is 67.4 Å². The van der Waals surface area contributed by atoms with Crippen LogP contribution in [0.5, 0.6) is 0 Å². The number of halogens is 1. The van der Waals surface area contributed by atoms with Gasteiger partial charge in [0.05, 0.1) is 5.92 Å². The van der Waals surface area contributed by atoms with Crippen molar-refractivity contribution < 1.29 is 18.7 Å². The van der Waals surface area contributed by atoms with Gasteiger partial charge < -0.3 is 15.4 Å². The van der Waals surface area contributed by atoms with Crippen molar-refractivity contribution in [2.24, 2.45) is 5.92 Å². The highest BCUT2D eigenvalue weighted by molar-refractivity contribution is 5.86. The van der Waals surface area contributed by atoms with Crippen molar-refractivity contribution in [2.45, 2.75) is 25.7 Å². The molecule has 6 heteroatoms. The van der Waals surface area contributed by atoms with Crippen LogP contribution in [-0.2, 0) is 14.9 Å². The molecule has 1 amide bonds. The smallest absolute Gasteiger partial charge is 0.376 e. The van der Waals surface area contributed by atoms with E-state index in [2.05, 4.69) is 10.6 Å². The summed E-state index contributed by atoms with van der Waals surface area (Å²) in [5.41, 5.74) is -0.107. The van der Waals surface area contributed by atoms with Gasteiger partial charge >= 0.3 is 12.1 Å². The Morgan fingerprint density at radius 1 is 1.41 bits per heavy atom. The molecule has 0 saturated carbocycles. The fourth-order valence-electron chi connectivity index (χ4n) is 2.47. The number of alkyl carbamates (subject to hydrolysis) is 1. The van der Waals surface area contributed by atoms with Crippen molar-refractivity contribution >= 4 is 12.1 Å². The second kappa shape index (κ2) is 6.87.